The Morgan fingerprint density at radius 1 is 1.24 bits per heavy atom. The molecule has 1 saturated carbocycles. The monoisotopic (exact) mass is 285 g/mol. The fraction of sp³-hybridized carbons (Fsp3) is 0.294. The lowest BCUT2D eigenvalue weighted by molar-refractivity contribution is -0.152. The minimum atomic E-state index is -0.908. The summed E-state index contributed by atoms with van der Waals surface area (Å²) in [7, 11) is 0. The van der Waals surface area contributed by atoms with Crippen molar-refractivity contribution in [2.75, 3.05) is 0 Å². The highest BCUT2D eigenvalue weighted by Gasteiger charge is 2.30. The van der Waals surface area contributed by atoms with Gasteiger partial charge in [0.25, 0.3) is 5.91 Å². The van der Waals surface area contributed by atoms with Crippen LogP contribution >= 0.6 is 0 Å². The second-order valence-corrected chi connectivity index (χ2v) is 4.90. The van der Waals surface area contributed by atoms with E-state index in [1.165, 1.54) is 6.08 Å². The van der Waals surface area contributed by atoms with Gasteiger partial charge in [-0.1, -0.05) is 48.6 Å². The Morgan fingerprint density at radius 3 is 2.57 bits per heavy atom. The molecular weight excluding hydrogens is 266 g/mol. The number of amides is 1. The average molecular weight is 285 g/mol. The van der Waals surface area contributed by atoms with Crippen LogP contribution in [0.1, 0.15) is 31.4 Å². The van der Waals surface area contributed by atoms with E-state index >= 15 is 0 Å². The van der Waals surface area contributed by atoms with Crippen molar-refractivity contribution in [3.8, 4) is 0 Å². The highest BCUT2D eigenvalue weighted by Crippen LogP contribution is 2.23. The molecule has 1 atom stereocenters. The van der Waals surface area contributed by atoms with Gasteiger partial charge in [-0.3, -0.25) is 4.79 Å². The van der Waals surface area contributed by atoms with Crippen LogP contribution in [0.2, 0.25) is 0 Å². The molecule has 1 aromatic carbocycles. The Kier molecular flexibility index (Phi) is 5.32. The summed E-state index contributed by atoms with van der Waals surface area (Å²) >= 11 is 0. The summed E-state index contributed by atoms with van der Waals surface area (Å²) in [6.07, 6.45) is 7.49. The van der Waals surface area contributed by atoms with E-state index < -0.39 is 12.1 Å². The SMILES string of the molecule is C/C=C/C=C/C(=O)O[C@@H](C(=O)NC1CC1)c1ccccc1. The van der Waals surface area contributed by atoms with Crippen LogP contribution < -0.4 is 5.32 Å². The van der Waals surface area contributed by atoms with Crippen LogP contribution in [0.15, 0.2) is 54.6 Å². The van der Waals surface area contributed by atoms with E-state index in [-0.39, 0.29) is 11.9 Å². The number of ether oxygens (including phenoxy) is 1. The Labute approximate surface area is 124 Å². The molecule has 110 valence electrons. The number of rotatable bonds is 6. The Hall–Kier alpha value is -2.36. The van der Waals surface area contributed by atoms with Crippen molar-refractivity contribution in [2.45, 2.75) is 31.9 Å². The molecule has 1 fully saturated rings. The number of hydrogen-bond acceptors (Lipinski definition) is 3. The molecule has 1 aromatic rings. The predicted molar refractivity (Wildman–Crippen MR) is 80.4 cm³/mol. The van der Waals surface area contributed by atoms with Crippen molar-refractivity contribution in [3.63, 3.8) is 0 Å². The molecule has 4 heteroatoms. The molecule has 1 aliphatic rings. The first-order valence-electron chi connectivity index (χ1n) is 7.06. The second kappa shape index (κ2) is 7.43. The van der Waals surface area contributed by atoms with Crippen LogP contribution in [0.25, 0.3) is 0 Å². The molecule has 2 rings (SSSR count). The summed E-state index contributed by atoms with van der Waals surface area (Å²) in [5.41, 5.74) is 0.670. The van der Waals surface area contributed by atoms with E-state index in [0.29, 0.717) is 5.56 Å². The van der Waals surface area contributed by atoms with Gasteiger partial charge in [0.2, 0.25) is 6.10 Å². The van der Waals surface area contributed by atoms with Crippen LogP contribution in [-0.4, -0.2) is 17.9 Å². The van der Waals surface area contributed by atoms with Gasteiger partial charge in [-0.05, 0) is 19.8 Å². The lowest BCUT2D eigenvalue weighted by Gasteiger charge is -2.17. The van der Waals surface area contributed by atoms with Crippen LogP contribution in [0.4, 0.5) is 0 Å². The molecule has 0 heterocycles. The zero-order valence-corrected chi connectivity index (χ0v) is 12.0. The van der Waals surface area contributed by atoms with Gasteiger partial charge in [-0.2, -0.15) is 0 Å². The maximum Gasteiger partial charge on any atom is 0.331 e. The lowest BCUT2D eigenvalue weighted by Crippen LogP contribution is -2.33. The summed E-state index contributed by atoms with van der Waals surface area (Å²) in [5.74, 6) is -0.801. The van der Waals surface area contributed by atoms with Crippen molar-refractivity contribution >= 4 is 11.9 Å². The molecule has 0 unspecified atom stereocenters. The molecule has 0 radical (unpaired) electrons. The molecule has 0 aliphatic heterocycles. The van der Waals surface area contributed by atoms with Crippen LogP contribution in [0, 0.1) is 0 Å². The molecule has 1 N–H and O–H groups in total. The highest BCUT2D eigenvalue weighted by molar-refractivity contribution is 5.88. The molecule has 1 amide bonds. The van der Waals surface area contributed by atoms with Gasteiger partial charge in [0.05, 0.1) is 0 Å². The number of nitrogens with one attached hydrogen (secondary N) is 1. The smallest absolute Gasteiger partial charge is 0.331 e. The zero-order chi connectivity index (χ0) is 15.1. The second-order valence-electron chi connectivity index (χ2n) is 4.90. The van der Waals surface area contributed by atoms with E-state index in [2.05, 4.69) is 5.32 Å². The third kappa shape index (κ3) is 4.91. The molecule has 0 bridgehead atoms. The van der Waals surface area contributed by atoms with Crippen molar-refractivity contribution < 1.29 is 14.3 Å². The molecule has 4 nitrogen and oxygen atoms in total. The van der Waals surface area contributed by atoms with Crippen molar-refractivity contribution in [1.82, 2.24) is 5.32 Å². The fourth-order valence-corrected chi connectivity index (χ4v) is 1.81. The number of carbonyl (C=O) groups is 2. The maximum absolute atomic E-state index is 12.2. The van der Waals surface area contributed by atoms with Crippen LogP contribution in [-0.2, 0) is 14.3 Å². The molecular formula is C17H19NO3. The Balaban J connectivity index is 2.07. The topological polar surface area (TPSA) is 55.4 Å². The molecule has 0 aromatic heterocycles. The molecule has 0 saturated heterocycles. The summed E-state index contributed by atoms with van der Waals surface area (Å²) in [6, 6.07) is 9.26. The van der Waals surface area contributed by atoms with Gasteiger partial charge < -0.3 is 10.1 Å². The van der Waals surface area contributed by atoms with Gasteiger partial charge >= 0.3 is 5.97 Å². The minimum absolute atomic E-state index is 0.223. The van der Waals surface area contributed by atoms with Crippen molar-refractivity contribution in [3.05, 3.63) is 60.2 Å². The van der Waals surface area contributed by atoms with Gasteiger partial charge in [-0.15, -0.1) is 0 Å². The van der Waals surface area contributed by atoms with Gasteiger partial charge in [-0.25, -0.2) is 4.79 Å². The van der Waals surface area contributed by atoms with Gasteiger partial charge in [0.1, 0.15) is 0 Å². The summed E-state index contributed by atoms with van der Waals surface area (Å²) in [6.45, 7) is 1.85. The molecule has 21 heavy (non-hydrogen) atoms. The summed E-state index contributed by atoms with van der Waals surface area (Å²) in [5, 5.41) is 2.87. The first-order chi connectivity index (χ1) is 10.2. The van der Waals surface area contributed by atoms with E-state index in [0.717, 1.165) is 12.8 Å². The van der Waals surface area contributed by atoms with E-state index in [1.54, 1.807) is 30.4 Å². The number of carbonyl (C=O) groups excluding carboxylic acids is 2. The Morgan fingerprint density at radius 2 is 1.95 bits per heavy atom. The predicted octanol–water partition coefficient (Wildman–Crippen LogP) is 2.68. The van der Waals surface area contributed by atoms with Gasteiger partial charge in [0.15, 0.2) is 0 Å². The summed E-state index contributed by atoms with van der Waals surface area (Å²) < 4.78 is 5.30. The normalized spacial score (nSPS) is 16.0. The maximum atomic E-state index is 12.2. The third-order valence-electron chi connectivity index (χ3n) is 3.03. The first kappa shape index (κ1) is 15.0. The first-order valence-corrected chi connectivity index (χ1v) is 7.06. The minimum Gasteiger partial charge on any atom is -0.444 e. The van der Waals surface area contributed by atoms with Crippen molar-refractivity contribution in [2.24, 2.45) is 0 Å². The zero-order valence-electron chi connectivity index (χ0n) is 12.0. The standard InChI is InChI=1S/C17H19NO3/c1-2-3-5-10-15(19)21-16(13-8-6-4-7-9-13)17(20)18-14-11-12-14/h2-10,14,16H,11-12H2,1H3,(H,18,20)/b3-2+,10-5+/t16-/m1/s1. The number of esters is 1. The fourth-order valence-electron chi connectivity index (χ4n) is 1.81. The quantitative estimate of drug-likeness (QED) is 0.496. The average Bonchev–Trinajstić information content (AvgIpc) is 3.30. The number of allylic oxidation sites excluding steroid dienone is 3. The molecule has 1 aliphatic carbocycles. The molecule has 0 spiro atoms. The third-order valence-corrected chi connectivity index (χ3v) is 3.03. The lowest BCUT2D eigenvalue weighted by atomic mass is 10.1. The number of benzene rings is 1. The largest absolute Gasteiger partial charge is 0.444 e. The van der Waals surface area contributed by atoms with Crippen LogP contribution in [0.3, 0.4) is 0 Å². The van der Waals surface area contributed by atoms with Gasteiger partial charge in [0, 0.05) is 17.7 Å². The summed E-state index contributed by atoms with van der Waals surface area (Å²) in [4.78, 5) is 24.0. The van der Waals surface area contributed by atoms with E-state index in [9.17, 15) is 9.59 Å². The highest BCUT2D eigenvalue weighted by atomic mass is 16.5. The van der Waals surface area contributed by atoms with E-state index in [4.69, 9.17) is 4.74 Å². The van der Waals surface area contributed by atoms with Crippen LogP contribution in [0.5, 0.6) is 0 Å². The van der Waals surface area contributed by atoms with Crippen molar-refractivity contribution in [1.29, 1.82) is 0 Å². The van der Waals surface area contributed by atoms with E-state index in [1.807, 2.05) is 25.1 Å². The Bertz CT molecular complexity index is 544. The number of hydrogen-bond donors (Lipinski definition) is 1.